The zero-order valence-electron chi connectivity index (χ0n) is 13.6. The molecule has 0 amide bonds. The second-order valence-electron chi connectivity index (χ2n) is 6.26. The Morgan fingerprint density at radius 2 is 1.50 bits per heavy atom. The number of hydrogen-bond donors (Lipinski definition) is 1. The normalized spacial score (nSPS) is 15.0. The number of benzene rings is 2. The first-order valence-corrected chi connectivity index (χ1v) is 8.49. The highest BCUT2D eigenvalue weighted by Gasteiger charge is 2.16. The summed E-state index contributed by atoms with van der Waals surface area (Å²) in [5, 5.41) is 4.79. The van der Waals surface area contributed by atoms with Gasteiger partial charge in [0.2, 0.25) is 0 Å². The topological polar surface area (TPSA) is 37.8 Å². The Morgan fingerprint density at radius 3 is 2.29 bits per heavy atom. The summed E-state index contributed by atoms with van der Waals surface area (Å²) in [5.74, 6) is 1.77. The lowest BCUT2D eigenvalue weighted by atomic mass is 9.95. The Kier molecular flexibility index (Phi) is 5.31. The van der Waals surface area contributed by atoms with Crippen molar-refractivity contribution in [1.82, 2.24) is 9.97 Å². The summed E-state index contributed by atoms with van der Waals surface area (Å²) in [4.78, 5) is 9.59. The third kappa shape index (κ3) is 3.51. The minimum atomic E-state index is 0. The Balaban J connectivity index is 0.00000169. The molecule has 1 N–H and O–H groups in total. The van der Waals surface area contributed by atoms with Crippen LogP contribution in [0.1, 0.15) is 32.1 Å². The number of fused-ring (bicyclic) bond motifs is 1. The molecule has 0 radical (unpaired) electrons. The van der Waals surface area contributed by atoms with E-state index in [0.717, 1.165) is 28.1 Å². The summed E-state index contributed by atoms with van der Waals surface area (Å²) in [7, 11) is 0. The Morgan fingerprint density at radius 1 is 0.792 bits per heavy atom. The maximum atomic E-state index is 4.84. The van der Waals surface area contributed by atoms with E-state index in [2.05, 4.69) is 35.6 Å². The molecule has 0 unspecified atom stereocenters. The van der Waals surface area contributed by atoms with Crippen molar-refractivity contribution in [2.24, 2.45) is 0 Å². The van der Waals surface area contributed by atoms with E-state index in [9.17, 15) is 0 Å². The minimum absolute atomic E-state index is 0. The fourth-order valence-corrected chi connectivity index (χ4v) is 3.34. The van der Waals surface area contributed by atoms with Crippen molar-refractivity contribution in [1.29, 1.82) is 0 Å². The number of anilines is 1. The Bertz CT molecular complexity index is 798. The molecule has 0 atom stereocenters. The van der Waals surface area contributed by atoms with Gasteiger partial charge in [0.15, 0.2) is 5.82 Å². The zero-order valence-corrected chi connectivity index (χ0v) is 14.3. The van der Waals surface area contributed by atoms with Crippen molar-refractivity contribution in [3.05, 3.63) is 54.6 Å². The first-order valence-electron chi connectivity index (χ1n) is 8.49. The molecule has 24 heavy (non-hydrogen) atoms. The van der Waals surface area contributed by atoms with E-state index < -0.39 is 0 Å². The smallest absolute Gasteiger partial charge is 0.162 e. The zero-order chi connectivity index (χ0) is 15.5. The molecular formula is C20H21ClN3-. The molecule has 4 rings (SSSR count). The molecule has 2 aromatic carbocycles. The molecule has 1 aliphatic rings. The van der Waals surface area contributed by atoms with Crippen molar-refractivity contribution in [2.75, 3.05) is 5.32 Å². The second kappa shape index (κ2) is 7.63. The molecule has 3 aromatic rings. The quantitative estimate of drug-likeness (QED) is 0.794. The van der Waals surface area contributed by atoms with Crippen LogP contribution < -0.4 is 17.7 Å². The highest BCUT2D eigenvalue weighted by molar-refractivity contribution is 5.90. The fourth-order valence-electron chi connectivity index (χ4n) is 3.34. The number of halogens is 1. The molecule has 1 heterocycles. The van der Waals surface area contributed by atoms with Crippen LogP contribution in [0.25, 0.3) is 22.3 Å². The lowest BCUT2D eigenvalue weighted by Gasteiger charge is -2.24. The van der Waals surface area contributed by atoms with Gasteiger partial charge in [-0.05, 0) is 25.0 Å². The van der Waals surface area contributed by atoms with Crippen molar-refractivity contribution in [2.45, 2.75) is 38.1 Å². The molecule has 0 bridgehead atoms. The summed E-state index contributed by atoms with van der Waals surface area (Å²) in [6.07, 6.45) is 6.45. The van der Waals surface area contributed by atoms with Crippen LogP contribution in [-0.4, -0.2) is 16.0 Å². The van der Waals surface area contributed by atoms with Crippen LogP contribution >= 0.6 is 0 Å². The molecule has 124 valence electrons. The second-order valence-corrected chi connectivity index (χ2v) is 6.26. The van der Waals surface area contributed by atoms with E-state index >= 15 is 0 Å². The molecule has 1 saturated carbocycles. The average Bonchev–Trinajstić information content (AvgIpc) is 2.63. The molecule has 1 fully saturated rings. The first kappa shape index (κ1) is 16.7. The van der Waals surface area contributed by atoms with Gasteiger partial charge in [-0.25, -0.2) is 9.97 Å². The van der Waals surface area contributed by atoms with Gasteiger partial charge in [0.25, 0.3) is 0 Å². The van der Waals surface area contributed by atoms with Gasteiger partial charge in [-0.15, -0.1) is 0 Å². The first-order chi connectivity index (χ1) is 11.4. The van der Waals surface area contributed by atoms with E-state index in [4.69, 9.17) is 9.97 Å². The molecule has 3 nitrogen and oxygen atoms in total. The third-order valence-corrected chi connectivity index (χ3v) is 4.58. The number of aromatic nitrogens is 2. The van der Waals surface area contributed by atoms with Crippen LogP contribution in [0.3, 0.4) is 0 Å². The number of rotatable bonds is 3. The molecular weight excluding hydrogens is 318 g/mol. The molecule has 0 spiro atoms. The third-order valence-electron chi connectivity index (χ3n) is 4.58. The van der Waals surface area contributed by atoms with E-state index in [0.29, 0.717) is 6.04 Å². The van der Waals surface area contributed by atoms with Gasteiger partial charge in [-0.3, -0.25) is 0 Å². The molecule has 4 heteroatoms. The Labute approximate surface area is 148 Å². The van der Waals surface area contributed by atoms with Crippen molar-refractivity contribution in [3.8, 4) is 11.4 Å². The summed E-state index contributed by atoms with van der Waals surface area (Å²) < 4.78 is 0. The average molecular weight is 339 g/mol. The van der Waals surface area contributed by atoms with Gasteiger partial charge in [0.1, 0.15) is 5.82 Å². The van der Waals surface area contributed by atoms with Crippen LogP contribution in [0.5, 0.6) is 0 Å². The van der Waals surface area contributed by atoms with Gasteiger partial charge in [0, 0.05) is 17.0 Å². The van der Waals surface area contributed by atoms with Crippen LogP contribution in [0.15, 0.2) is 54.6 Å². The molecule has 0 saturated heterocycles. The Hall–Kier alpha value is -2.13. The monoisotopic (exact) mass is 338 g/mol. The molecule has 0 aliphatic heterocycles. The van der Waals surface area contributed by atoms with Crippen LogP contribution in [0.2, 0.25) is 0 Å². The largest absolute Gasteiger partial charge is 1.00 e. The lowest BCUT2D eigenvalue weighted by molar-refractivity contribution is -0.00000474. The van der Waals surface area contributed by atoms with Gasteiger partial charge in [0.05, 0.1) is 5.52 Å². The van der Waals surface area contributed by atoms with E-state index in [1.807, 2.05) is 24.3 Å². The number of para-hydroxylation sites is 1. The van der Waals surface area contributed by atoms with Gasteiger partial charge in [-0.2, -0.15) is 0 Å². The van der Waals surface area contributed by atoms with Crippen molar-refractivity contribution in [3.63, 3.8) is 0 Å². The van der Waals surface area contributed by atoms with Crippen molar-refractivity contribution < 1.29 is 12.4 Å². The summed E-state index contributed by atoms with van der Waals surface area (Å²) >= 11 is 0. The van der Waals surface area contributed by atoms with Crippen molar-refractivity contribution >= 4 is 16.7 Å². The van der Waals surface area contributed by atoms with E-state index in [-0.39, 0.29) is 12.4 Å². The van der Waals surface area contributed by atoms with Crippen LogP contribution in [0, 0.1) is 0 Å². The standard InChI is InChI=1S/C20H21N3.ClH/c1-3-9-15(10-4-1)19-22-18-14-8-7-13-17(18)20(23-19)21-16-11-5-2-6-12-16;/h1,3-4,7-10,13-14,16H,2,5-6,11-12H2,(H,21,22,23);1H/p-1. The maximum absolute atomic E-state index is 4.84. The minimum Gasteiger partial charge on any atom is -1.00 e. The molecule has 1 aromatic heterocycles. The van der Waals surface area contributed by atoms with Gasteiger partial charge >= 0.3 is 0 Å². The number of hydrogen-bond acceptors (Lipinski definition) is 3. The van der Waals surface area contributed by atoms with Gasteiger partial charge < -0.3 is 17.7 Å². The predicted octanol–water partition coefficient (Wildman–Crippen LogP) is 2.05. The summed E-state index contributed by atoms with van der Waals surface area (Å²) in [6, 6.07) is 19.0. The predicted molar refractivity (Wildman–Crippen MR) is 95.5 cm³/mol. The number of nitrogens with one attached hydrogen (secondary N) is 1. The highest BCUT2D eigenvalue weighted by Crippen LogP contribution is 2.27. The fraction of sp³-hybridized carbons (Fsp3) is 0.300. The number of nitrogens with zero attached hydrogens (tertiary/aromatic N) is 2. The van der Waals surface area contributed by atoms with E-state index in [1.54, 1.807) is 0 Å². The van der Waals surface area contributed by atoms with Crippen LogP contribution in [0.4, 0.5) is 5.82 Å². The summed E-state index contributed by atoms with van der Waals surface area (Å²) in [6.45, 7) is 0. The van der Waals surface area contributed by atoms with Gasteiger partial charge in [-0.1, -0.05) is 61.7 Å². The maximum Gasteiger partial charge on any atom is 0.162 e. The molecule has 1 aliphatic carbocycles. The highest BCUT2D eigenvalue weighted by atomic mass is 35.5. The van der Waals surface area contributed by atoms with Crippen LogP contribution in [-0.2, 0) is 0 Å². The SMILES string of the molecule is [Cl-].c1ccc(-c2nc(NC3CCCCC3)c3ccccc3n2)cc1. The van der Waals surface area contributed by atoms with E-state index in [1.165, 1.54) is 32.1 Å². The lowest BCUT2D eigenvalue weighted by Crippen LogP contribution is -3.00. The summed E-state index contributed by atoms with van der Waals surface area (Å²) in [5.41, 5.74) is 2.06.